The summed E-state index contributed by atoms with van der Waals surface area (Å²) in [6.07, 6.45) is 0. The molecule has 100 valence electrons. The Morgan fingerprint density at radius 3 is 2.74 bits per heavy atom. The monoisotopic (exact) mass is 324 g/mol. The molecule has 0 radical (unpaired) electrons. The number of halogens is 1. The molecule has 2 aromatic rings. The van der Waals surface area contributed by atoms with Gasteiger partial charge in [0.2, 0.25) is 5.88 Å². The summed E-state index contributed by atoms with van der Waals surface area (Å²) in [5.74, 6) is -0.650. The van der Waals surface area contributed by atoms with Crippen LogP contribution in [0.4, 0.5) is 0 Å². The molecule has 0 atom stereocenters. The summed E-state index contributed by atoms with van der Waals surface area (Å²) >= 11 is 3.15. The molecule has 1 heterocycles. The first-order valence-corrected chi connectivity index (χ1v) is 6.59. The van der Waals surface area contributed by atoms with Gasteiger partial charge in [-0.2, -0.15) is 5.10 Å². The largest absolute Gasteiger partial charge is 0.493 e. The Balaban J connectivity index is 2.28. The maximum Gasteiger partial charge on any atom is 0.360 e. The number of benzene rings is 1. The van der Waals surface area contributed by atoms with E-state index < -0.39 is 5.97 Å². The summed E-state index contributed by atoms with van der Waals surface area (Å²) in [7, 11) is 0. The van der Waals surface area contributed by atoms with Crippen LogP contribution in [0.25, 0.3) is 0 Å². The SMILES string of the molecule is CCOC(=O)c1nn(Cc2ccccc2)c(O)c1Br. The third-order valence-electron chi connectivity index (χ3n) is 2.51. The Kier molecular flexibility index (Phi) is 4.21. The van der Waals surface area contributed by atoms with Crippen molar-refractivity contribution in [1.29, 1.82) is 0 Å². The molecule has 0 amide bonds. The molecular weight excluding hydrogens is 312 g/mol. The lowest BCUT2D eigenvalue weighted by atomic mass is 10.2. The Labute approximate surface area is 118 Å². The number of nitrogens with zero attached hydrogens (tertiary/aromatic N) is 2. The maximum atomic E-state index is 11.6. The van der Waals surface area contributed by atoms with E-state index in [2.05, 4.69) is 21.0 Å². The van der Waals surface area contributed by atoms with Gasteiger partial charge in [0.25, 0.3) is 0 Å². The number of aromatic nitrogens is 2. The van der Waals surface area contributed by atoms with Crippen molar-refractivity contribution in [3.8, 4) is 5.88 Å². The van der Waals surface area contributed by atoms with Crippen molar-refractivity contribution in [3.63, 3.8) is 0 Å². The lowest BCUT2D eigenvalue weighted by Crippen LogP contribution is -2.08. The van der Waals surface area contributed by atoms with E-state index in [1.54, 1.807) is 6.92 Å². The van der Waals surface area contributed by atoms with Gasteiger partial charge >= 0.3 is 5.97 Å². The van der Waals surface area contributed by atoms with Crippen molar-refractivity contribution in [1.82, 2.24) is 9.78 Å². The van der Waals surface area contributed by atoms with E-state index in [1.165, 1.54) is 4.68 Å². The number of hydrogen-bond acceptors (Lipinski definition) is 4. The highest BCUT2D eigenvalue weighted by Crippen LogP contribution is 2.28. The van der Waals surface area contributed by atoms with Crippen molar-refractivity contribution in [2.24, 2.45) is 0 Å². The summed E-state index contributed by atoms with van der Waals surface area (Å²) in [5, 5.41) is 14.0. The van der Waals surface area contributed by atoms with Gasteiger partial charge in [-0.15, -0.1) is 0 Å². The van der Waals surface area contributed by atoms with Crippen molar-refractivity contribution in [3.05, 3.63) is 46.1 Å². The van der Waals surface area contributed by atoms with Crippen LogP contribution in [0.2, 0.25) is 0 Å². The first-order valence-electron chi connectivity index (χ1n) is 5.79. The molecule has 0 fully saturated rings. The lowest BCUT2D eigenvalue weighted by molar-refractivity contribution is 0.0517. The molecule has 0 spiro atoms. The van der Waals surface area contributed by atoms with Crippen molar-refractivity contribution in [2.45, 2.75) is 13.5 Å². The highest BCUT2D eigenvalue weighted by molar-refractivity contribution is 9.10. The summed E-state index contributed by atoms with van der Waals surface area (Å²) in [5.41, 5.74) is 1.05. The Hall–Kier alpha value is -1.82. The number of rotatable bonds is 4. The van der Waals surface area contributed by atoms with Crippen LogP contribution in [0.15, 0.2) is 34.8 Å². The third-order valence-corrected chi connectivity index (χ3v) is 3.24. The topological polar surface area (TPSA) is 64.3 Å². The van der Waals surface area contributed by atoms with E-state index in [4.69, 9.17) is 4.74 Å². The molecule has 0 aliphatic carbocycles. The molecule has 1 aromatic carbocycles. The zero-order valence-corrected chi connectivity index (χ0v) is 11.9. The fourth-order valence-corrected chi connectivity index (χ4v) is 2.07. The molecule has 0 bridgehead atoms. The van der Waals surface area contributed by atoms with E-state index >= 15 is 0 Å². The van der Waals surface area contributed by atoms with Crippen LogP contribution in [0.5, 0.6) is 5.88 Å². The van der Waals surface area contributed by atoms with Gasteiger partial charge in [0.1, 0.15) is 4.47 Å². The molecular formula is C13H13BrN2O3. The molecule has 0 aliphatic rings. The molecule has 5 nitrogen and oxygen atoms in total. The summed E-state index contributed by atoms with van der Waals surface area (Å²) in [6.45, 7) is 2.36. The van der Waals surface area contributed by atoms with Crippen LogP contribution in [0.3, 0.4) is 0 Å². The van der Waals surface area contributed by atoms with Gasteiger partial charge in [-0.25, -0.2) is 9.48 Å². The number of ether oxygens (including phenoxy) is 1. The van der Waals surface area contributed by atoms with Gasteiger partial charge in [-0.1, -0.05) is 30.3 Å². The Morgan fingerprint density at radius 2 is 2.11 bits per heavy atom. The molecule has 0 unspecified atom stereocenters. The minimum atomic E-state index is -0.559. The highest BCUT2D eigenvalue weighted by Gasteiger charge is 2.22. The number of esters is 1. The molecule has 1 N–H and O–H groups in total. The Bertz CT molecular complexity index is 581. The second-order valence-corrected chi connectivity index (χ2v) is 4.64. The predicted molar refractivity (Wildman–Crippen MR) is 73.1 cm³/mol. The van der Waals surface area contributed by atoms with Gasteiger partial charge in [0, 0.05) is 0 Å². The average Bonchev–Trinajstić information content (AvgIpc) is 2.69. The molecule has 2 rings (SSSR count). The van der Waals surface area contributed by atoms with Gasteiger partial charge in [0.15, 0.2) is 5.69 Å². The molecule has 19 heavy (non-hydrogen) atoms. The maximum absolute atomic E-state index is 11.6. The van der Waals surface area contributed by atoms with E-state index in [0.29, 0.717) is 6.54 Å². The van der Waals surface area contributed by atoms with Crippen molar-refractivity contribution in [2.75, 3.05) is 6.61 Å². The first kappa shape index (κ1) is 13.6. The van der Waals surface area contributed by atoms with E-state index in [0.717, 1.165) is 5.56 Å². The molecule has 0 saturated heterocycles. The van der Waals surface area contributed by atoms with Gasteiger partial charge in [0.05, 0.1) is 13.2 Å². The van der Waals surface area contributed by atoms with Crippen LogP contribution in [0.1, 0.15) is 23.0 Å². The third kappa shape index (κ3) is 2.96. The second-order valence-electron chi connectivity index (χ2n) is 3.85. The van der Waals surface area contributed by atoms with Gasteiger partial charge < -0.3 is 9.84 Å². The fraction of sp³-hybridized carbons (Fsp3) is 0.231. The van der Waals surface area contributed by atoms with E-state index in [-0.39, 0.29) is 22.7 Å². The van der Waals surface area contributed by atoms with Gasteiger partial charge in [-0.05, 0) is 28.4 Å². The normalized spacial score (nSPS) is 10.4. The number of carbonyl (C=O) groups excluding carboxylic acids is 1. The number of aromatic hydroxyl groups is 1. The lowest BCUT2D eigenvalue weighted by Gasteiger charge is -2.02. The van der Waals surface area contributed by atoms with Crippen LogP contribution < -0.4 is 0 Å². The van der Waals surface area contributed by atoms with Crippen molar-refractivity contribution >= 4 is 21.9 Å². The highest BCUT2D eigenvalue weighted by atomic mass is 79.9. The molecule has 0 saturated carbocycles. The fourth-order valence-electron chi connectivity index (χ4n) is 1.63. The van der Waals surface area contributed by atoms with Crippen LogP contribution in [0, 0.1) is 0 Å². The molecule has 0 aliphatic heterocycles. The number of carbonyl (C=O) groups is 1. The van der Waals surface area contributed by atoms with Crippen LogP contribution in [-0.4, -0.2) is 27.5 Å². The smallest absolute Gasteiger partial charge is 0.360 e. The van der Waals surface area contributed by atoms with Crippen molar-refractivity contribution < 1.29 is 14.6 Å². The van der Waals surface area contributed by atoms with Gasteiger partial charge in [-0.3, -0.25) is 0 Å². The average molecular weight is 325 g/mol. The summed E-state index contributed by atoms with van der Waals surface area (Å²) < 4.78 is 6.48. The second kappa shape index (κ2) is 5.88. The van der Waals surface area contributed by atoms with Crippen LogP contribution in [-0.2, 0) is 11.3 Å². The molecule has 1 aromatic heterocycles. The van der Waals surface area contributed by atoms with Crippen LogP contribution >= 0.6 is 15.9 Å². The minimum Gasteiger partial charge on any atom is -0.493 e. The predicted octanol–water partition coefficient (Wildman–Crippen LogP) is 2.58. The minimum absolute atomic E-state index is 0.0790. The zero-order valence-electron chi connectivity index (χ0n) is 10.3. The quantitative estimate of drug-likeness (QED) is 0.878. The summed E-state index contributed by atoms with van der Waals surface area (Å²) in [4.78, 5) is 11.6. The van der Waals surface area contributed by atoms with E-state index in [1.807, 2.05) is 30.3 Å². The zero-order chi connectivity index (χ0) is 13.8. The summed E-state index contributed by atoms with van der Waals surface area (Å²) in [6, 6.07) is 9.54. The first-order chi connectivity index (χ1) is 9.13. The molecule has 6 heteroatoms. The standard InChI is InChI=1S/C13H13BrN2O3/c1-2-19-13(18)11-10(14)12(17)16(15-11)8-9-6-4-3-5-7-9/h3-7,17H,2,8H2,1H3. The van der Waals surface area contributed by atoms with E-state index in [9.17, 15) is 9.90 Å². The Morgan fingerprint density at radius 1 is 1.42 bits per heavy atom. The number of hydrogen-bond donors (Lipinski definition) is 1.